The van der Waals surface area contributed by atoms with E-state index >= 15 is 0 Å². The summed E-state index contributed by atoms with van der Waals surface area (Å²) >= 11 is 2.69. The van der Waals surface area contributed by atoms with Crippen molar-refractivity contribution < 1.29 is 22.5 Å². The molecule has 0 atom stereocenters. The zero-order chi connectivity index (χ0) is 20.0. The van der Waals surface area contributed by atoms with Gasteiger partial charge in [0.05, 0.1) is 21.9 Å². The average Bonchev–Trinajstić information content (AvgIpc) is 3.42. The highest BCUT2D eigenvalue weighted by atomic mass is 32.2. The number of sulfonamides is 1. The van der Waals surface area contributed by atoms with E-state index in [1.165, 1.54) is 23.1 Å². The molecule has 0 spiro atoms. The summed E-state index contributed by atoms with van der Waals surface area (Å²) in [5.41, 5.74) is 1.18. The fourth-order valence-corrected chi connectivity index (χ4v) is 5.82. The highest BCUT2D eigenvalue weighted by Gasteiger charge is 2.33. The number of hydrogen-bond donors (Lipinski definition) is 0. The molecule has 2 aliphatic rings. The van der Waals surface area contributed by atoms with Crippen LogP contribution in [-0.4, -0.2) is 42.0 Å². The Kier molecular flexibility index (Phi) is 4.41. The van der Waals surface area contributed by atoms with Crippen LogP contribution >= 0.6 is 23.1 Å². The Morgan fingerprint density at radius 2 is 2.21 bits per heavy atom. The topological polar surface area (TPSA) is 115 Å². The Morgan fingerprint density at radius 1 is 1.31 bits per heavy atom. The molecule has 3 aromatic rings. The molecule has 29 heavy (non-hydrogen) atoms. The Morgan fingerprint density at radius 3 is 3.03 bits per heavy atom. The largest absolute Gasteiger partial charge is 0.454 e. The maximum Gasteiger partial charge on any atom is 0.338 e. The van der Waals surface area contributed by atoms with E-state index in [1.807, 2.05) is 22.4 Å². The molecule has 0 saturated carbocycles. The summed E-state index contributed by atoms with van der Waals surface area (Å²) in [4.78, 5) is 20.1. The molecule has 12 heteroatoms. The van der Waals surface area contributed by atoms with E-state index < -0.39 is 16.0 Å². The van der Waals surface area contributed by atoms with E-state index in [2.05, 4.69) is 14.5 Å². The SMILES string of the molecule is O=C(OCc1noc(-c2cccs2)n1)c1ccc2c(c1)SC1=NS(=O)(=O)CCN12. The van der Waals surface area contributed by atoms with E-state index in [-0.39, 0.29) is 18.2 Å². The van der Waals surface area contributed by atoms with Crippen LogP contribution in [0.2, 0.25) is 0 Å². The third-order valence-electron chi connectivity index (χ3n) is 4.24. The van der Waals surface area contributed by atoms with Gasteiger partial charge in [0, 0.05) is 11.4 Å². The van der Waals surface area contributed by atoms with Crippen molar-refractivity contribution >= 4 is 49.9 Å². The van der Waals surface area contributed by atoms with Gasteiger partial charge in [0.25, 0.3) is 15.9 Å². The number of thioether (sulfide) groups is 1. The van der Waals surface area contributed by atoms with Gasteiger partial charge in [0.1, 0.15) is 0 Å². The summed E-state index contributed by atoms with van der Waals surface area (Å²) < 4.78 is 37.6. The Labute approximate surface area is 173 Å². The van der Waals surface area contributed by atoms with Crippen LogP contribution in [0.3, 0.4) is 0 Å². The van der Waals surface area contributed by atoms with E-state index in [0.29, 0.717) is 23.2 Å². The molecule has 0 unspecified atom stereocenters. The van der Waals surface area contributed by atoms with Gasteiger partial charge in [-0.25, -0.2) is 13.2 Å². The van der Waals surface area contributed by atoms with Crippen molar-refractivity contribution in [3.8, 4) is 10.8 Å². The minimum absolute atomic E-state index is 0.0293. The average molecular weight is 449 g/mol. The molecule has 1 aromatic carbocycles. The number of fused-ring (bicyclic) bond motifs is 3. The lowest BCUT2D eigenvalue weighted by Crippen LogP contribution is -2.35. The molecule has 0 amide bonds. The first-order chi connectivity index (χ1) is 14.0. The molecule has 9 nitrogen and oxygen atoms in total. The molecule has 0 bridgehead atoms. The summed E-state index contributed by atoms with van der Waals surface area (Å²) in [7, 11) is -3.42. The van der Waals surface area contributed by atoms with E-state index in [4.69, 9.17) is 9.26 Å². The van der Waals surface area contributed by atoms with Crippen molar-refractivity contribution in [3.05, 3.63) is 47.1 Å². The van der Waals surface area contributed by atoms with Crippen molar-refractivity contribution in [1.82, 2.24) is 10.1 Å². The van der Waals surface area contributed by atoms with Crippen LogP contribution in [-0.2, 0) is 21.4 Å². The zero-order valence-electron chi connectivity index (χ0n) is 14.6. The number of nitrogens with zero attached hydrogens (tertiary/aromatic N) is 4. The number of esters is 1. The van der Waals surface area contributed by atoms with E-state index in [0.717, 1.165) is 15.5 Å². The third kappa shape index (κ3) is 3.54. The lowest BCUT2D eigenvalue weighted by Gasteiger charge is -2.22. The van der Waals surface area contributed by atoms with Crippen molar-refractivity contribution in [3.63, 3.8) is 0 Å². The normalized spacial score (nSPS) is 16.8. The molecule has 0 saturated heterocycles. The van der Waals surface area contributed by atoms with Gasteiger partial charge in [-0.05, 0) is 41.4 Å². The maximum atomic E-state index is 12.4. The highest BCUT2D eigenvalue weighted by Crippen LogP contribution is 2.42. The van der Waals surface area contributed by atoms with Crippen LogP contribution in [0.4, 0.5) is 5.69 Å². The molecular weight excluding hydrogens is 436 g/mol. The van der Waals surface area contributed by atoms with Crippen molar-refractivity contribution in [1.29, 1.82) is 0 Å². The number of ether oxygens (including phenoxy) is 1. The number of carbonyl (C=O) groups excluding carboxylic acids is 1. The molecule has 4 heterocycles. The minimum atomic E-state index is -3.42. The second-order valence-electron chi connectivity index (χ2n) is 6.17. The lowest BCUT2D eigenvalue weighted by atomic mass is 10.2. The number of hydrogen-bond acceptors (Lipinski definition) is 10. The summed E-state index contributed by atoms with van der Waals surface area (Å²) in [6, 6.07) is 8.82. The molecule has 0 radical (unpaired) electrons. The zero-order valence-corrected chi connectivity index (χ0v) is 17.1. The first-order valence-electron chi connectivity index (χ1n) is 8.44. The maximum absolute atomic E-state index is 12.4. The predicted molar refractivity (Wildman–Crippen MR) is 108 cm³/mol. The lowest BCUT2D eigenvalue weighted by molar-refractivity contribution is 0.0459. The number of thiophene rings is 1. The smallest absolute Gasteiger partial charge is 0.338 e. The molecule has 2 aliphatic heterocycles. The van der Waals surface area contributed by atoms with Gasteiger partial charge >= 0.3 is 5.97 Å². The monoisotopic (exact) mass is 448 g/mol. The van der Waals surface area contributed by atoms with Crippen molar-refractivity contribution in [2.45, 2.75) is 11.5 Å². The molecule has 0 fully saturated rings. The predicted octanol–water partition coefficient (Wildman–Crippen LogP) is 2.77. The van der Waals surface area contributed by atoms with Gasteiger partial charge in [-0.1, -0.05) is 11.2 Å². The van der Waals surface area contributed by atoms with E-state index in [9.17, 15) is 13.2 Å². The molecule has 0 aliphatic carbocycles. The summed E-state index contributed by atoms with van der Waals surface area (Å²) in [5.74, 6) is 0.0926. The van der Waals surface area contributed by atoms with Gasteiger partial charge in [-0.3, -0.25) is 0 Å². The van der Waals surface area contributed by atoms with Gasteiger partial charge < -0.3 is 14.2 Å². The number of rotatable bonds is 4. The molecule has 5 rings (SSSR count). The van der Waals surface area contributed by atoms with Crippen LogP contribution in [0.1, 0.15) is 16.2 Å². The quantitative estimate of drug-likeness (QED) is 0.556. The van der Waals surface area contributed by atoms with Crippen LogP contribution < -0.4 is 4.90 Å². The number of amidine groups is 1. The van der Waals surface area contributed by atoms with Gasteiger partial charge in [0.2, 0.25) is 5.82 Å². The molecular formula is C17H12N4O5S3. The van der Waals surface area contributed by atoms with Crippen LogP contribution in [0.5, 0.6) is 0 Å². The molecule has 148 valence electrons. The fraction of sp³-hybridized carbons (Fsp3) is 0.176. The molecule has 0 N–H and O–H groups in total. The Bertz CT molecular complexity index is 1230. The van der Waals surface area contributed by atoms with Crippen molar-refractivity contribution in [2.24, 2.45) is 4.40 Å². The fourth-order valence-electron chi connectivity index (χ4n) is 2.88. The third-order valence-corrected chi connectivity index (χ3v) is 7.41. The number of benzene rings is 1. The number of carbonyl (C=O) groups is 1. The Balaban J connectivity index is 1.29. The summed E-state index contributed by atoms with van der Waals surface area (Å²) in [6.07, 6.45) is 0. The second-order valence-corrected chi connectivity index (χ2v) is 9.88. The van der Waals surface area contributed by atoms with E-state index in [1.54, 1.807) is 18.2 Å². The van der Waals surface area contributed by atoms with Crippen molar-refractivity contribution in [2.75, 3.05) is 17.2 Å². The number of anilines is 1. The number of aromatic nitrogens is 2. The van der Waals surface area contributed by atoms with Crippen LogP contribution in [0, 0.1) is 0 Å². The standard InChI is InChI=1S/C17H12N4O5S3/c22-16(25-9-14-18-15(26-19-14)12-2-1-6-27-12)10-3-4-11-13(8-10)28-17-20-29(23,24)7-5-21(11)17/h1-4,6,8H,5,7,9H2. The first-order valence-corrected chi connectivity index (χ1v) is 11.7. The first kappa shape index (κ1) is 18.3. The Hall–Kier alpha value is -2.70. The molecule has 2 aromatic heterocycles. The van der Waals surface area contributed by atoms with Crippen LogP contribution in [0.25, 0.3) is 10.8 Å². The van der Waals surface area contributed by atoms with Gasteiger partial charge in [0.15, 0.2) is 11.8 Å². The summed E-state index contributed by atoms with van der Waals surface area (Å²) in [6.45, 7) is 0.227. The van der Waals surface area contributed by atoms with Gasteiger partial charge in [-0.2, -0.15) is 4.98 Å². The van der Waals surface area contributed by atoms with Gasteiger partial charge in [-0.15, -0.1) is 15.7 Å². The van der Waals surface area contributed by atoms with Crippen LogP contribution in [0.15, 0.2) is 49.5 Å². The highest BCUT2D eigenvalue weighted by molar-refractivity contribution is 8.15. The second kappa shape index (κ2) is 6.97. The summed E-state index contributed by atoms with van der Waals surface area (Å²) in [5, 5.41) is 6.13. The minimum Gasteiger partial charge on any atom is -0.454 e.